The minimum Gasteiger partial charge on any atom is -0.486 e. The van der Waals surface area contributed by atoms with Crippen LogP contribution in [0.3, 0.4) is 0 Å². The number of ether oxygens (including phenoxy) is 3. The van der Waals surface area contributed by atoms with Crippen molar-refractivity contribution in [1.29, 1.82) is 0 Å². The van der Waals surface area contributed by atoms with Gasteiger partial charge >= 0.3 is 0 Å². The second kappa shape index (κ2) is 8.94. The topological polar surface area (TPSA) is 68.3 Å². The Morgan fingerprint density at radius 1 is 0.906 bits per heavy atom. The largest absolute Gasteiger partial charge is 0.486 e. The first-order valence-corrected chi connectivity index (χ1v) is 11.1. The Labute approximate surface area is 187 Å². The quantitative estimate of drug-likeness (QED) is 0.694. The summed E-state index contributed by atoms with van der Waals surface area (Å²) in [5.41, 5.74) is 1.51. The third-order valence-electron chi connectivity index (χ3n) is 5.97. The van der Waals surface area contributed by atoms with Gasteiger partial charge in [0.05, 0.1) is 12.2 Å². The van der Waals surface area contributed by atoms with Crippen LogP contribution in [0, 0.1) is 0 Å². The number of carbonyl (C=O) groups is 2. The summed E-state index contributed by atoms with van der Waals surface area (Å²) in [6, 6.07) is 12.9. The Bertz CT molecular complexity index is 1040. The van der Waals surface area contributed by atoms with Crippen molar-refractivity contribution in [2.24, 2.45) is 0 Å². The van der Waals surface area contributed by atoms with Crippen molar-refractivity contribution in [3.05, 3.63) is 54.1 Å². The van der Waals surface area contributed by atoms with Crippen molar-refractivity contribution in [3.63, 3.8) is 0 Å². The van der Waals surface area contributed by atoms with Crippen LogP contribution in [0.4, 0.5) is 5.69 Å². The van der Waals surface area contributed by atoms with Crippen LogP contribution >= 0.6 is 0 Å². The van der Waals surface area contributed by atoms with E-state index in [1.165, 1.54) is 6.08 Å². The van der Waals surface area contributed by atoms with E-state index in [0.29, 0.717) is 36.1 Å². The number of likely N-dealkylation sites (tertiary alicyclic amines) is 1. The lowest BCUT2D eigenvalue weighted by Gasteiger charge is -2.37. The Kier molecular flexibility index (Phi) is 5.71. The fourth-order valence-electron chi connectivity index (χ4n) is 4.31. The molecule has 2 aromatic rings. The number of anilines is 1. The summed E-state index contributed by atoms with van der Waals surface area (Å²) in [4.78, 5) is 29.7. The van der Waals surface area contributed by atoms with Gasteiger partial charge in [0.1, 0.15) is 19.0 Å². The second-order valence-corrected chi connectivity index (χ2v) is 8.15. The molecule has 7 heteroatoms. The third-order valence-corrected chi connectivity index (χ3v) is 5.97. The van der Waals surface area contributed by atoms with Gasteiger partial charge in [-0.2, -0.15) is 0 Å². The van der Waals surface area contributed by atoms with Gasteiger partial charge in [-0.15, -0.1) is 0 Å². The predicted molar refractivity (Wildman–Crippen MR) is 120 cm³/mol. The smallest absolute Gasteiger partial charge is 0.265 e. The van der Waals surface area contributed by atoms with E-state index < -0.39 is 6.10 Å². The molecule has 1 atom stereocenters. The first-order chi connectivity index (χ1) is 15.7. The van der Waals surface area contributed by atoms with Crippen molar-refractivity contribution >= 4 is 23.6 Å². The number of hydrogen-bond donors (Lipinski definition) is 0. The highest BCUT2D eigenvalue weighted by atomic mass is 16.6. The van der Waals surface area contributed by atoms with Gasteiger partial charge in [0.2, 0.25) is 0 Å². The molecule has 3 aliphatic heterocycles. The van der Waals surface area contributed by atoms with Gasteiger partial charge < -0.3 is 24.0 Å². The number of fused-ring (bicyclic) bond motifs is 2. The lowest BCUT2D eigenvalue weighted by Crippen LogP contribution is -2.52. The molecule has 0 radical (unpaired) electrons. The van der Waals surface area contributed by atoms with Crippen molar-refractivity contribution in [1.82, 2.24) is 4.90 Å². The number of amides is 2. The van der Waals surface area contributed by atoms with Crippen molar-refractivity contribution in [2.45, 2.75) is 25.4 Å². The molecule has 2 aromatic carbocycles. The first-order valence-electron chi connectivity index (χ1n) is 11.1. The van der Waals surface area contributed by atoms with Crippen LogP contribution in [0.25, 0.3) is 6.08 Å². The van der Waals surface area contributed by atoms with E-state index in [-0.39, 0.29) is 18.4 Å². The predicted octanol–water partition coefficient (Wildman–Crippen LogP) is 3.28. The maximum Gasteiger partial charge on any atom is 0.265 e. The molecule has 5 rings (SSSR count). The molecule has 0 spiro atoms. The molecule has 0 bridgehead atoms. The molecule has 1 saturated heterocycles. The zero-order valence-electron chi connectivity index (χ0n) is 17.9. The number of para-hydroxylation sites is 2. The monoisotopic (exact) mass is 434 g/mol. The lowest BCUT2D eigenvalue weighted by atomic mass is 10.1. The summed E-state index contributed by atoms with van der Waals surface area (Å²) in [5.74, 6) is 1.69. The van der Waals surface area contributed by atoms with Crippen molar-refractivity contribution in [3.8, 4) is 17.2 Å². The molecule has 0 N–H and O–H groups in total. The van der Waals surface area contributed by atoms with E-state index in [0.717, 1.165) is 37.9 Å². The average Bonchev–Trinajstić information content (AvgIpc) is 2.86. The highest BCUT2D eigenvalue weighted by molar-refractivity contribution is 6.05. The minimum atomic E-state index is -0.699. The van der Waals surface area contributed by atoms with E-state index in [1.54, 1.807) is 17.0 Å². The van der Waals surface area contributed by atoms with Crippen LogP contribution in [0.5, 0.6) is 17.2 Å². The number of benzene rings is 2. The van der Waals surface area contributed by atoms with Crippen LogP contribution in [0.1, 0.15) is 24.8 Å². The molecule has 1 fully saturated rings. The van der Waals surface area contributed by atoms with Crippen molar-refractivity contribution < 1.29 is 23.8 Å². The van der Waals surface area contributed by atoms with E-state index in [4.69, 9.17) is 14.2 Å². The summed E-state index contributed by atoms with van der Waals surface area (Å²) in [6.07, 6.45) is 5.74. The molecule has 32 heavy (non-hydrogen) atoms. The Hall–Kier alpha value is -3.48. The van der Waals surface area contributed by atoms with Gasteiger partial charge in [-0.1, -0.05) is 18.2 Å². The standard InChI is InChI=1S/C25H26N2O5/c28-24(11-9-18-8-10-21-22(16-18)31-15-14-30-21)27-17-23(25(29)26-12-4-1-5-13-26)32-20-7-3-2-6-19(20)27/h2-3,6-11,16,23H,1,4-5,12-15,17H2. The number of rotatable bonds is 3. The van der Waals surface area contributed by atoms with Crippen LogP contribution in [0.2, 0.25) is 0 Å². The summed E-state index contributed by atoms with van der Waals surface area (Å²) < 4.78 is 17.2. The Morgan fingerprint density at radius 2 is 1.69 bits per heavy atom. The molecule has 0 aromatic heterocycles. The van der Waals surface area contributed by atoms with Gasteiger partial charge in [0.15, 0.2) is 17.6 Å². The molecular formula is C25H26N2O5. The van der Waals surface area contributed by atoms with Gasteiger partial charge in [0.25, 0.3) is 11.8 Å². The van der Waals surface area contributed by atoms with Crippen molar-refractivity contribution in [2.75, 3.05) is 37.7 Å². The first kappa shape index (κ1) is 20.4. The minimum absolute atomic E-state index is 0.0483. The van der Waals surface area contributed by atoms with Gasteiger partial charge in [-0.05, 0) is 55.2 Å². The number of piperidine rings is 1. The van der Waals surface area contributed by atoms with Crippen LogP contribution in [-0.4, -0.2) is 55.7 Å². The van der Waals surface area contributed by atoms with E-state index >= 15 is 0 Å². The molecule has 3 aliphatic rings. The van der Waals surface area contributed by atoms with Crippen LogP contribution < -0.4 is 19.1 Å². The number of carbonyl (C=O) groups excluding carboxylic acids is 2. The zero-order valence-corrected chi connectivity index (χ0v) is 17.9. The summed E-state index contributed by atoms with van der Waals surface area (Å²) in [5, 5.41) is 0. The maximum atomic E-state index is 13.2. The normalized spacial score (nSPS) is 19.9. The van der Waals surface area contributed by atoms with E-state index in [2.05, 4.69) is 0 Å². The Morgan fingerprint density at radius 3 is 2.53 bits per heavy atom. The van der Waals surface area contributed by atoms with E-state index in [1.807, 2.05) is 41.3 Å². The maximum absolute atomic E-state index is 13.2. The molecule has 7 nitrogen and oxygen atoms in total. The average molecular weight is 434 g/mol. The molecule has 2 amide bonds. The zero-order chi connectivity index (χ0) is 21.9. The van der Waals surface area contributed by atoms with Crippen LogP contribution in [-0.2, 0) is 9.59 Å². The fourth-order valence-corrected chi connectivity index (χ4v) is 4.31. The molecular weight excluding hydrogens is 408 g/mol. The molecule has 1 unspecified atom stereocenters. The second-order valence-electron chi connectivity index (χ2n) is 8.15. The Balaban J connectivity index is 1.35. The molecule has 0 aliphatic carbocycles. The van der Waals surface area contributed by atoms with Gasteiger partial charge in [-0.3, -0.25) is 9.59 Å². The molecule has 0 saturated carbocycles. The highest BCUT2D eigenvalue weighted by Gasteiger charge is 2.35. The number of nitrogens with zero attached hydrogens (tertiary/aromatic N) is 2. The highest BCUT2D eigenvalue weighted by Crippen LogP contribution is 2.34. The summed E-state index contributed by atoms with van der Waals surface area (Å²) in [7, 11) is 0. The molecule has 3 heterocycles. The van der Waals surface area contributed by atoms with Gasteiger partial charge in [-0.25, -0.2) is 0 Å². The van der Waals surface area contributed by atoms with Crippen LogP contribution in [0.15, 0.2) is 48.5 Å². The third kappa shape index (κ3) is 4.15. The lowest BCUT2D eigenvalue weighted by molar-refractivity contribution is -0.139. The summed E-state index contributed by atoms with van der Waals surface area (Å²) >= 11 is 0. The SMILES string of the molecule is O=C(C1CN(C(=O)C=Cc2ccc3c(c2)OCCO3)c2ccccc2O1)N1CCCCC1. The van der Waals surface area contributed by atoms with E-state index in [9.17, 15) is 9.59 Å². The number of hydrogen-bond acceptors (Lipinski definition) is 5. The summed E-state index contributed by atoms with van der Waals surface area (Å²) in [6.45, 7) is 2.73. The molecule has 166 valence electrons. The van der Waals surface area contributed by atoms with Gasteiger partial charge in [0, 0.05) is 19.2 Å². The fraction of sp³-hybridized carbons (Fsp3) is 0.360.